The number of nitrogens with zero attached hydrogens (tertiary/aromatic N) is 1. The first-order valence-electron chi connectivity index (χ1n) is 5.67. The van der Waals surface area contributed by atoms with Crippen LogP contribution in [0, 0.1) is 0 Å². The van der Waals surface area contributed by atoms with E-state index < -0.39 is 11.4 Å². The van der Waals surface area contributed by atoms with Gasteiger partial charge in [-0.3, -0.25) is 9.59 Å². The lowest BCUT2D eigenvalue weighted by molar-refractivity contribution is -0.146. The minimum Gasteiger partial charge on any atom is -0.481 e. The zero-order valence-electron chi connectivity index (χ0n) is 9.50. The van der Waals surface area contributed by atoms with Gasteiger partial charge >= 0.3 is 5.97 Å². The molecule has 1 N–H and O–H groups in total. The molecule has 0 saturated carbocycles. The van der Waals surface area contributed by atoms with Crippen LogP contribution in [0.3, 0.4) is 0 Å². The number of hydrogen-bond acceptors (Lipinski definition) is 2. The molecule has 4 heteroatoms. The summed E-state index contributed by atoms with van der Waals surface area (Å²) in [4.78, 5) is 23.8. The Labute approximate surface area is 99.9 Å². The highest BCUT2D eigenvalue weighted by molar-refractivity contribution is 5.81. The molecule has 1 aliphatic rings. The molecule has 0 spiro atoms. The van der Waals surface area contributed by atoms with E-state index in [1.165, 1.54) is 0 Å². The molecule has 1 amide bonds. The van der Waals surface area contributed by atoms with E-state index in [0.717, 1.165) is 12.0 Å². The highest BCUT2D eigenvalue weighted by Crippen LogP contribution is 2.35. The summed E-state index contributed by atoms with van der Waals surface area (Å²) in [6.45, 7) is 1.01. The number of carboxylic acids is 1. The van der Waals surface area contributed by atoms with Crippen LogP contribution in [-0.4, -0.2) is 35.5 Å². The van der Waals surface area contributed by atoms with Gasteiger partial charge in [-0.15, -0.1) is 0 Å². The van der Waals surface area contributed by atoms with Crippen molar-refractivity contribution in [2.24, 2.45) is 0 Å². The first-order valence-corrected chi connectivity index (χ1v) is 5.67. The number of piperidine rings is 1. The van der Waals surface area contributed by atoms with Crippen molar-refractivity contribution in [2.75, 3.05) is 13.1 Å². The fourth-order valence-corrected chi connectivity index (χ4v) is 2.39. The van der Waals surface area contributed by atoms with Gasteiger partial charge in [0.15, 0.2) is 0 Å². The van der Waals surface area contributed by atoms with Crippen LogP contribution in [-0.2, 0) is 15.0 Å². The number of aliphatic carboxylic acids is 1. The molecule has 1 heterocycles. The van der Waals surface area contributed by atoms with E-state index in [1.54, 1.807) is 4.90 Å². The number of carbonyl (C=O) groups excluding carboxylic acids is 1. The molecule has 17 heavy (non-hydrogen) atoms. The van der Waals surface area contributed by atoms with E-state index in [0.29, 0.717) is 25.9 Å². The zero-order valence-corrected chi connectivity index (χ0v) is 9.50. The Balaban J connectivity index is 2.30. The average Bonchev–Trinajstić information content (AvgIpc) is 2.39. The van der Waals surface area contributed by atoms with Crippen molar-refractivity contribution in [3.63, 3.8) is 0 Å². The summed E-state index contributed by atoms with van der Waals surface area (Å²) in [7, 11) is 0. The third-order valence-electron chi connectivity index (χ3n) is 3.54. The molecule has 4 nitrogen and oxygen atoms in total. The SMILES string of the molecule is O=CN1CCC(C(=O)O)(c2ccccc2)CC1. The zero-order chi connectivity index (χ0) is 12.3. The number of benzene rings is 1. The van der Waals surface area contributed by atoms with Gasteiger partial charge in [-0.05, 0) is 18.4 Å². The smallest absolute Gasteiger partial charge is 0.314 e. The Morgan fingerprint density at radius 1 is 1.24 bits per heavy atom. The number of carboxylic acid groups (broad SMARTS) is 1. The van der Waals surface area contributed by atoms with Crippen molar-refractivity contribution < 1.29 is 14.7 Å². The summed E-state index contributed by atoms with van der Waals surface area (Å²) in [6, 6.07) is 9.28. The third-order valence-corrected chi connectivity index (χ3v) is 3.54. The van der Waals surface area contributed by atoms with Crippen molar-refractivity contribution >= 4 is 12.4 Å². The van der Waals surface area contributed by atoms with E-state index >= 15 is 0 Å². The monoisotopic (exact) mass is 233 g/mol. The Bertz CT molecular complexity index is 408. The fraction of sp³-hybridized carbons (Fsp3) is 0.385. The molecule has 0 aliphatic carbocycles. The summed E-state index contributed by atoms with van der Waals surface area (Å²) in [5.41, 5.74) is -0.00104. The molecule has 1 saturated heterocycles. The number of amides is 1. The number of likely N-dealkylation sites (tertiary alicyclic amines) is 1. The molecule has 0 bridgehead atoms. The van der Waals surface area contributed by atoms with E-state index in [1.807, 2.05) is 30.3 Å². The molecule has 1 fully saturated rings. The first-order chi connectivity index (χ1) is 8.19. The maximum Gasteiger partial charge on any atom is 0.314 e. The molecule has 1 aliphatic heterocycles. The van der Waals surface area contributed by atoms with Crippen molar-refractivity contribution in [2.45, 2.75) is 18.3 Å². The van der Waals surface area contributed by atoms with Gasteiger partial charge in [-0.1, -0.05) is 30.3 Å². The Morgan fingerprint density at radius 3 is 2.29 bits per heavy atom. The lowest BCUT2D eigenvalue weighted by Gasteiger charge is -2.37. The minimum absolute atomic E-state index is 0.477. The van der Waals surface area contributed by atoms with Crippen LogP contribution in [0.1, 0.15) is 18.4 Å². The van der Waals surface area contributed by atoms with Crippen LogP contribution in [0.5, 0.6) is 0 Å². The first kappa shape index (κ1) is 11.6. The largest absolute Gasteiger partial charge is 0.481 e. The van der Waals surface area contributed by atoms with Gasteiger partial charge in [0, 0.05) is 13.1 Å². The lowest BCUT2D eigenvalue weighted by atomic mass is 9.73. The summed E-state index contributed by atoms with van der Waals surface area (Å²) >= 11 is 0. The molecule has 0 unspecified atom stereocenters. The summed E-state index contributed by atoms with van der Waals surface area (Å²) < 4.78 is 0. The summed E-state index contributed by atoms with van der Waals surface area (Å²) in [5, 5.41) is 9.49. The summed E-state index contributed by atoms with van der Waals surface area (Å²) in [5.74, 6) is -0.797. The second kappa shape index (κ2) is 4.57. The normalized spacial score (nSPS) is 18.7. The minimum atomic E-state index is -0.833. The number of hydrogen-bond donors (Lipinski definition) is 1. The molecular formula is C13H15NO3. The predicted octanol–water partition coefficient (Wildman–Crippen LogP) is 1.26. The highest BCUT2D eigenvalue weighted by atomic mass is 16.4. The standard InChI is InChI=1S/C13H15NO3/c15-10-14-8-6-13(7-9-14,12(16)17)11-4-2-1-3-5-11/h1-5,10H,6-9H2,(H,16,17). The molecule has 1 aromatic rings. The second-order valence-corrected chi connectivity index (χ2v) is 4.39. The maximum atomic E-state index is 11.6. The van der Waals surface area contributed by atoms with Crippen LogP contribution in [0.15, 0.2) is 30.3 Å². The van der Waals surface area contributed by atoms with Crippen molar-refractivity contribution in [3.05, 3.63) is 35.9 Å². The van der Waals surface area contributed by atoms with Crippen LogP contribution < -0.4 is 0 Å². The van der Waals surface area contributed by atoms with Gasteiger partial charge < -0.3 is 10.0 Å². The Morgan fingerprint density at radius 2 is 1.82 bits per heavy atom. The highest BCUT2D eigenvalue weighted by Gasteiger charge is 2.42. The summed E-state index contributed by atoms with van der Waals surface area (Å²) in [6.07, 6.45) is 1.74. The van der Waals surface area contributed by atoms with E-state index in [9.17, 15) is 14.7 Å². The van der Waals surface area contributed by atoms with Crippen molar-refractivity contribution in [1.29, 1.82) is 0 Å². The van der Waals surface area contributed by atoms with Crippen molar-refractivity contribution in [3.8, 4) is 0 Å². The molecular weight excluding hydrogens is 218 g/mol. The maximum absolute atomic E-state index is 11.6. The van der Waals surface area contributed by atoms with Gasteiger partial charge in [0.05, 0.1) is 5.41 Å². The van der Waals surface area contributed by atoms with Crippen LogP contribution in [0.4, 0.5) is 0 Å². The Hall–Kier alpha value is -1.84. The van der Waals surface area contributed by atoms with Crippen LogP contribution in [0.2, 0.25) is 0 Å². The number of carbonyl (C=O) groups is 2. The molecule has 1 aromatic carbocycles. The lowest BCUT2D eigenvalue weighted by Crippen LogP contribution is -2.46. The van der Waals surface area contributed by atoms with Crippen molar-refractivity contribution in [1.82, 2.24) is 4.90 Å². The van der Waals surface area contributed by atoms with Crippen LogP contribution in [0.25, 0.3) is 0 Å². The predicted molar refractivity (Wildman–Crippen MR) is 62.6 cm³/mol. The molecule has 0 atom stereocenters. The van der Waals surface area contributed by atoms with Crippen LogP contribution >= 0.6 is 0 Å². The number of rotatable bonds is 3. The molecule has 0 aromatic heterocycles. The topological polar surface area (TPSA) is 57.6 Å². The average molecular weight is 233 g/mol. The second-order valence-electron chi connectivity index (χ2n) is 4.39. The molecule has 90 valence electrons. The fourth-order valence-electron chi connectivity index (χ4n) is 2.39. The molecule has 2 rings (SSSR count). The van der Waals surface area contributed by atoms with E-state index in [4.69, 9.17) is 0 Å². The molecule has 0 radical (unpaired) electrons. The van der Waals surface area contributed by atoms with Gasteiger partial charge in [0.25, 0.3) is 0 Å². The van der Waals surface area contributed by atoms with Gasteiger partial charge in [-0.25, -0.2) is 0 Å². The Kier molecular flexibility index (Phi) is 3.13. The van der Waals surface area contributed by atoms with Gasteiger partial charge in [0.2, 0.25) is 6.41 Å². The quantitative estimate of drug-likeness (QED) is 0.800. The van der Waals surface area contributed by atoms with E-state index in [-0.39, 0.29) is 0 Å². The van der Waals surface area contributed by atoms with Gasteiger partial charge in [0.1, 0.15) is 0 Å². The van der Waals surface area contributed by atoms with E-state index in [2.05, 4.69) is 0 Å². The third kappa shape index (κ3) is 2.02. The van der Waals surface area contributed by atoms with Gasteiger partial charge in [-0.2, -0.15) is 0 Å².